The maximum absolute atomic E-state index is 12.4. The summed E-state index contributed by atoms with van der Waals surface area (Å²) in [5.74, 6) is -1.23. The van der Waals surface area contributed by atoms with Crippen LogP contribution < -0.4 is 0 Å². The Bertz CT molecular complexity index is 568. The molecule has 6 heteroatoms. The van der Waals surface area contributed by atoms with E-state index in [1.165, 1.54) is 16.4 Å². The predicted molar refractivity (Wildman–Crippen MR) is 78.2 cm³/mol. The highest BCUT2D eigenvalue weighted by atomic mass is 32.2. The van der Waals surface area contributed by atoms with Gasteiger partial charge in [0.2, 0.25) is 10.0 Å². The molecule has 1 aromatic rings. The Labute approximate surface area is 120 Å². The fourth-order valence-corrected chi connectivity index (χ4v) is 3.93. The smallest absolute Gasteiger partial charge is 0.335 e. The molecule has 0 amide bonds. The molecule has 0 aromatic heterocycles. The molecule has 5 nitrogen and oxygen atoms in total. The number of carbonyl (C=O) groups is 1. The molecular weight excluding hydrogens is 278 g/mol. The van der Waals surface area contributed by atoms with Crippen molar-refractivity contribution in [3.63, 3.8) is 0 Å². The maximum Gasteiger partial charge on any atom is 0.335 e. The Hall–Kier alpha value is -1.40. The highest BCUT2D eigenvalue weighted by Crippen LogP contribution is 2.16. The predicted octanol–water partition coefficient (Wildman–Crippen LogP) is 2.33. The number of aromatic carboxylic acids is 1. The van der Waals surface area contributed by atoms with Gasteiger partial charge < -0.3 is 5.11 Å². The fourth-order valence-electron chi connectivity index (χ4n) is 2.07. The highest BCUT2D eigenvalue weighted by molar-refractivity contribution is 7.88. The molecule has 0 heterocycles. The van der Waals surface area contributed by atoms with E-state index in [0.29, 0.717) is 12.1 Å². The molecule has 0 aliphatic heterocycles. The van der Waals surface area contributed by atoms with Crippen LogP contribution in [0.15, 0.2) is 24.3 Å². The monoisotopic (exact) mass is 299 g/mol. The second-order valence-corrected chi connectivity index (χ2v) is 6.64. The average molecular weight is 299 g/mol. The lowest BCUT2D eigenvalue weighted by Crippen LogP contribution is -2.38. The first kappa shape index (κ1) is 16.7. The summed E-state index contributed by atoms with van der Waals surface area (Å²) in [5, 5.41) is 8.93. The number of hydrogen-bond acceptors (Lipinski definition) is 3. The first-order chi connectivity index (χ1) is 9.31. The third kappa shape index (κ3) is 4.05. The van der Waals surface area contributed by atoms with Gasteiger partial charge in [0.25, 0.3) is 0 Å². The first-order valence-electron chi connectivity index (χ1n) is 6.63. The molecule has 0 aliphatic carbocycles. The molecule has 1 unspecified atom stereocenters. The molecule has 1 rings (SSSR count). The van der Waals surface area contributed by atoms with E-state index in [9.17, 15) is 13.2 Å². The van der Waals surface area contributed by atoms with E-state index < -0.39 is 16.0 Å². The van der Waals surface area contributed by atoms with Crippen LogP contribution in [0.5, 0.6) is 0 Å². The van der Waals surface area contributed by atoms with E-state index in [0.717, 1.165) is 6.42 Å². The Morgan fingerprint density at radius 1 is 1.35 bits per heavy atom. The van der Waals surface area contributed by atoms with Crippen LogP contribution in [0.3, 0.4) is 0 Å². The van der Waals surface area contributed by atoms with Crippen molar-refractivity contribution in [2.45, 2.75) is 39.0 Å². The largest absolute Gasteiger partial charge is 0.478 e. The summed E-state index contributed by atoms with van der Waals surface area (Å²) in [5.41, 5.74) is 0.593. The molecule has 0 bridgehead atoms. The minimum atomic E-state index is -3.44. The Morgan fingerprint density at radius 2 is 2.00 bits per heavy atom. The van der Waals surface area contributed by atoms with Crippen molar-refractivity contribution < 1.29 is 18.3 Å². The van der Waals surface area contributed by atoms with Crippen molar-refractivity contribution in [1.82, 2.24) is 4.31 Å². The number of benzene rings is 1. The van der Waals surface area contributed by atoms with Crippen molar-refractivity contribution in [2.75, 3.05) is 6.54 Å². The lowest BCUT2D eigenvalue weighted by molar-refractivity contribution is 0.0696. The number of sulfonamides is 1. The molecule has 0 spiro atoms. The molecule has 0 saturated heterocycles. The Kier molecular flexibility index (Phi) is 5.71. The van der Waals surface area contributed by atoms with E-state index in [-0.39, 0.29) is 17.4 Å². The van der Waals surface area contributed by atoms with Gasteiger partial charge in [-0.1, -0.05) is 26.0 Å². The van der Waals surface area contributed by atoms with Crippen LogP contribution in [0.4, 0.5) is 0 Å². The van der Waals surface area contributed by atoms with Crippen LogP contribution in [0.1, 0.15) is 43.1 Å². The SMILES string of the molecule is CCC(C)N(CC)S(=O)(=O)Cc1cccc(C(=O)O)c1. The minimum Gasteiger partial charge on any atom is -0.478 e. The van der Waals surface area contributed by atoms with Crippen molar-refractivity contribution in [2.24, 2.45) is 0 Å². The molecular formula is C14H21NO4S. The molecule has 1 N–H and O–H groups in total. The highest BCUT2D eigenvalue weighted by Gasteiger charge is 2.25. The number of carboxylic acids is 1. The van der Waals surface area contributed by atoms with Crippen molar-refractivity contribution >= 4 is 16.0 Å². The molecule has 0 saturated carbocycles. The van der Waals surface area contributed by atoms with Gasteiger partial charge in [0.05, 0.1) is 11.3 Å². The van der Waals surface area contributed by atoms with Crippen molar-refractivity contribution in [3.8, 4) is 0 Å². The van der Waals surface area contributed by atoms with Crippen LogP contribution in [0.25, 0.3) is 0 Å². The Morgan fingerprint density at radius 3 is 2.50 bits per heavy atom. The summed E-state index contributed by atoms with van der Waals surface area (Å²) in [6.45, 7) is 6.02. The third-order valence-electron chi connectivity index (χ3n) is 3.27. The van der Waals surface area contributed by atoms with E-state index in [4.69, 9.17) is 5.11 Å². The van der Waals surface area contributed by atoms with E-state index in [1.54, 1.807) is 19.1 Å². The van der Waals surface area contributed by atoms with Crippen LogP contribution in [-0.4, -0.2) is 36.4 Å². The van der Waals surface area contributed by atoms with Gasteiger partial charge >= 0.3 is 5.97 Å². The molecule has 0 fully saturated rings. The maximum atomic E-state index is 12.4. The number of carboxylic acid groups (broad SMARTS) is 1. The average Bonchev–Trinajstić information content (AvgIpc) is 2.38. The minimum absolute atomic E-state index is 0.0624. The van der Waals surface area contributed by atoms with Gasteiger partial charge in [-0.15, -0.1) is 0 Å². The van der Waals surface area contributed by atoms with Crippen LogP contribution >= 0.6 is 0 Å². The number of rotatable bonds is 7. The zero-order valence-corrected chi connectivity index (χ0v) is 12.9. The van der Waals surface area contributed by atoms with Gasteiger partial charge in [-0.25, -0.2) is 13.2 Å². The summed E-state index contributed by atoms with van der Waals surface area (Å²) >= 11 is 0. The van der Waals surface area contributed by atoms with Crippen LogP contribution in [-0.2, 0) is 15.8 Å². The van der Waals surface area contributed by atoms with Gasteiger partial charge in [-0.2, -0.15) is 4.31 Å². The van der Waals surface area contributed by atoms with Crippen molar-refractivity contribution in [3.05, 3.63) is 35.4 Å². The summed E-state index contributed by atoms with van der Waals surface area (Å²) in [7, 11) is -3.44. The molecule has 1 atom stereocenters. The van der Waals surface area contributed by atoms with Gasteiger partial charge in [0.1, 0.15) is 0 Å². The van der Waals surface area contributed by atoms with E-state index >= 15 is 0 Å². The second-order valence-electron chi connectivity index (χ2n) is 4.72. The topological polar surface area (TPSA) is 74.7 Å². The molecule has 0 radical (unpaired) electrons. The fraction of sp³-hybridized carbons (Fsp3) is 0.500. The standard InChI is InChI=1S/C14H21NO4S/c1-4-11(3)15(5-2)20(18,19)10-12-7-6-8-13(9-12)14(16)17/h6-9,11H,4-5,10H2,1-3H3,(H,16,17). The van der Waals surface area contributed by atoms with Gasteiger partial charge in [-0.3, -0.25) is 0 Å². The van der Waals surface area contributed by atoms with Gasteiger partial charge in [-0.05, 0) is 31.0 Å². The molecule has 112 valence electrons. The summed E-state index contributed by atoms with van der Waals surface area (Å²) in [4.78, 5) is 10.9. The number of hydrogen-bond donors (Lipinski definition) is 1. The quantitative estimate of drug-likeness (QED) is 0.838. The molecule has 0 aliphatic rings. The first-order valence-corrected chi connectivity index (χ1v) is 8.24. The lowest BCUT2D eigenvalue weighted by Gasteiger charge is -2.26. The lowest BCUT2D eigenvalue weighted by atomic mass is 10.1. The second kappa shape index (κ2) is 6.85. The van der Waals surface area contributed by atoms with Crippen molar-refractivity contribution in [1.29, 1.82) is 0 Å². The molecule has 20 heavy (non-hydrogen) atoms. The van der Waals surface area contributed by atoms with Crippen LogP contribution in [0.2, 0.25) is 0 Å². The molecule has 1 aromatic carbocycles. The Balaban J connectivity index is 3.01. The van der Waals surface area contributed by atoms with Crippen LogP contribution in [0, 0.1) is 0 Å². The summed E-state index contributed by atoms with van der Waals surface area (Å²) in [6, 6.07) is 5.99. The third-order valence-corrected chi connectivity index (χ3v) is 5.31. The summed E-state index contributed by atoms with van der Waals surface area (Å²) < 4.78 is 26.2. The van der Waals surface area contributed by atoms with Gasteiger partial charge in [0, 0.05) is 12.6 Å². The zero-order valence-electron chi connectivity index (χ0n) is 12.0. The van der Waals surface area contributed by atoms with E-state index in [2.05, 4.69) is 0 Å². The number of nitrogens with zero attached hydrogens (tertiary/aromatic N) is 1. The normalized spacial score (nSPS) is 13.4. The zero-order chi connectivity index (χ0) is 15.3. The summed E-state index contributed by atoms with van der Waals surface area (Å²) in [6.07, 6.45) is 0.738. The van der Waals surface area contributed by atoms with Gasteiger partial charge in [0.15, 0.2) is 0 Å². The van der Waals surface area contributed by atoms with E-state index in [1.807, 2.05) is 13.8 Å².